The number of pyridine rings is 1. The normalized spacial score (nSPS) is 11.2. The predicted octanol–water partition coefficient (Wildman–Crippen LogP) is 3.06. The van der Waals surface area contributed by atoms with Gasteiger partial charge in [0.25, 0.3) is 11.5 Å². The number of methoxy groups -OCH3 is 3. The van der Waals surface area contributed by atoms with Gasteiger partial charge in [0.2, 0.25) is 5.75 Å². The van der Waals surface area contributed by atoms with E-state index in [1.807, 2.05) is 36.4 Å². The number of hydrogen-bond donors (Lipinski definition) is 2. The van der Waals surface area contributed by atoms with Crippen molar-refractivity contribution in [3.63, 3.8) is 0 Å². The molecule has 1 amide bonds. The molecule has 0 aliphatic rings. The lowest BCUT2D eigenvalue weighted by Crippen LogP contribution is -2.32. The fourth-order valence-electron chi connectivity index (χ4n) is 3.11. The highest BCUT2D eigenvalue weighted by Gasteiger charge is 2.22. The van der Waals surface area contributed by atoms with Gasteiger partial charge < -0.3 is 24.5 Å². The molecule has 3 rings (SSSR count). The van der Waals surface area contributed by atoms with Crippen LogP contribution < -0.4 is 25.1 Å². The number of rotatable bonds is 7. The van der Waals surface area contributed by atoms with Gasteiger partial charge in [0.1, 0.15) is 11.6 Å². The van der Waals surface area contributed by atoms with Crippen molar-refractivity contribution in [2.75, 3.05) is 21.3 Å². The summed E-state index contributed by atoms with van der Waals surface area (Å²) in [6.45, 7) is 0. The number of aromatic amines is 1. The minimum absolute atomic E-state index is 0.104. The second-order valence-electron chi connectivity index (χ2n) is 6.48. The van der Waals surface area contributed by atoms with Crippen LogP contribution in [0.1, 0.15) is 22.0 Å². The summed E-state index contributed by atoms with van der Waals surface area (Å²) in [6.07, 6.45) is 0. The number of carbonyl (C=O) groups excluding carboxylic acids is 1. The van der Waals surface area contributed by atoms with Crippen molar-refractivity contribution < 1.29 is 19.0 Å². The molecule has 0 bridgehead atoms. The molecule has 31 heavy (non-hydrogen) atoms. The first-order valence-electron chi connectivity index (χ1n) is 9.31. The molecule has 0 saturated heterocycles. The van der Waals surface area contributed by atoms with E-state index in [1.165, 1.54) is 27.4 Å². The van der Waals surface area contributed by atoms with E-state index in [0.717, 1.165) is 5.56 Å². The van der Waals surface area contributed by atoms with Crippen LogP contribution in [-0.4, -0.2) is 32.2 Å². The van der Waals surface area contributed by atoms with E-state index in [9.17, 15) is 14.9 Å². The smallest absolute Gasteiger partial charge is 0.261 e. The van der Waals surface area contributed by atoms with Gasteiger partial charge in [-0.3, -0.25) is 9.59 Å². The van der Waals surface area contributed by atoms with Crippen LogP contribution in [0, 0.1) is 11.3 Å². The van der Waals surface area contributed by atoms with Crippen molar-refractivity contribution in [2.45, 2.75) is 6.04 Å². The standard InChI is InChI=1S/C23H21N3O5/c1-29-19-11-15(12-20(30-2)21(19)31-3)18(13-24)26-23(28)16-9-10-17(25-22(16)27)14-7-5-4-6-8-14/h4-12,18H,1-3H3,(H,25,27)(H,26,28). The van der Waals surface area contributed by atoms with Crippen LogP contribution in [0.5, 0.6) is 17.2 Å². The molecular weight excluding hydrogens is 398 g/mol. The van der Waals surface area contributed by atoms with Gasteiger partial charge in [-0.05, 0) is 35.4 Å². The van der Waals surface area contributed by atoms with Gasteiger partial charge in [-0.1, -0.05) is 30.3 Å². The van der Waals surface area contributed by atoms with Crippen LogP contribution in [0.15, 0.2) is 59.4 Å². The quantitative estimate of drug-likeness (QED) is 0.608. The number of hydrogen-bond acceptors (Lipinski definition) is 6. The van der Waals surface area contributed by atoms with E-state index in [1.54, 1.807) is 18.2 Å². The molecule has 0 aliphatic carbocycles. The summed E-state index contributed by atoms with van der Waals surface area (Å²) in [5.74, 6) is 0.374. The summed E-state index contributed by atoms with van der Waals surface area (Å²) in [7, 11) is 4.37. The summed E-state index contributed by atoms with van der Waals surface area (Å²) in [5, 5.41) is 12.2. The molecule has 0 fully saturated rings. The van der Waals surface area contributed by atoms with Crippen molar-refractivity contribution >= 4 is 5.91 Å². The summed E-state index contributed by atoms with van der Waals surface area (Å²) in [6, 6.07) is 16.5. The van der Waals surface area contributed by atoms with E-state index in [-0.39, 0.29) is 5.56 Å². The SMILES string of the molecule is COc1cc(C(C#N)NC(=O)c2ccc(-c3ccccc3)[nH]c2=O)cc(OC)c1OC. The molecule has 3 aromatic rings. The zero-order valence-electron chi connectivity index (χ0n) is 17.3. The monoisotopic (exact) mass is 419 g/mol. The number of nitrogens with zero attached hydrogens (tertiary/aromatic N) is 1. The van der Waals surface area contributed by atoms with E-state index in [2.05, 4.69) is 10.3 Å². The number of nitrogens with one attached hydrogen (secondary N) is 2. The highest BCUT2D eigenvalue weighted by Crippen LogP contribution is 2.39. The molecule has 1 atom stereocenters. The molecule has 2 aromatic carbocycles. The number of ether oxygens (including phenoxy) is 3. The zero-order valence-corrected chi connectivity index (χ0v) is 17.3. The molecule has 8 nitrogen and oxygen atoms in total. The van der Waals surface area contributed by atoms with Gasteiger partial charge in [0.05, 0.1) is 27.4 Å². The molecule has 1 aromatic heterocycles. The van der Waals surface area contributed by atoms with Crippen molar-refractivity contribution in [3.8, 4) is 34.6 Å². The molecule has 0 radical (unpaired) electrons. The average molecular weight is 419 g/mol. The molecule has 2 N–H and O–H groups in total. The van der Waals surface area contributed by atoms with Crippen LogP contribution in [0.25, 0.3) is 11.3 Å². The number of carbonyl (C=O) groups is 1. The van der Waals surface area contributed by atoms with Crippen LogP contribution in [0.2, 0.25) is 0 Å². The van der Waals surface area contributed by atoms with Crippen molar-refractivity contribution in [2.24, 2.45) is 0 Å². The van der Waals surface area contributed by atoms with Crippen molar-refractivity contribution in [1.82, 2.24) is 10.3 Å². The molecule has 8 heteroatoms. The first kappa shape index (κ1) is 21.5. The summed E-state index contributed by atoms with van der Waals surface area (Å²) in [5.41, 5.74) is 1.16. The highest BCUT2D eigenvalue weighted by atomic mass is 16.5. The number of benzene rings is 2. The topological polar surface area (TPSA) is 113 Å². The number of amides is 1. The minimum atomic E-state index is -1.05. The van der Waals surface area contributed by atoms with Gasteiger partial charge >= 0.3 is 0 Å². The first-order chi connectivity index (χ1) is 15.0. The van der Waals surface area contributed by atoms with Gasteiger partial charge in [-0.15, -0.1) is 0 Å². The second kappa shape index (κ2) is 9.50. The van der Waals surface area contributed by atoms with E-state index in [4.69, 9.17) is 14.2 Å². The van der Waals surface area contributed by atoms with Gasteiger partial charge in [-0.2, -0.15) is 5.26 Å². The van der Waals surface area contributed by atoms with Gasteiger partial charge in [-0.25, -0.2) is 0 Å². The van der Waals surface area contributed by atoms with E-state index < -0.39 is 17.5 Å². The van der Waals surface area contributed by atoms with Crippen LogP contribution in [-0.2, 0) is 0 Å². The Balaban J connectivity index is 1.89. The molecule has 0 aliphatic heterocycles. The van der Waals surface area contributed by atoms with E-state index in [0.29, 0.717) is 28.5 Å². The molecule has 0 spiro atoms. The van der Waals surface area contributed by atoms with Crippen LogP contribution in [0.4, 0.5) is 0 Å². The van der Waals surface area contributed by atoms with Crippen LogP contribution >= 0.6 is 0 Å². The average Bonchev–Trinajstić information content (AvgIpc) is 2.81. The Morgan fingerprint density at radius 1 is 1.00 bits per heavy atom. The number of nitriles is 1. The number of H-pyrrole nitrogens is 1. The molecule has 158 valence electrons. The van der Waals surface area contributed by atoms with Crippen LogP contribution in [0.3, 0.4) is 0 Å². The Morgan fingerprint density at radius 2 is 1.65 bits per heavy atom. The van der Waals surface area contributed by atoms with Gasteiger partial charge in [0, 0.05) is 5.69 Å². The fourth-order valence-corrected chi connectivity index (χ4v) is 3.11. The Kier molecular flexibility index (Phi) is 6.58. The Hall–Kier alpha value is -4.25. The summed E-state index contributed by atoms with van der Waals surface area (Å²) < 4.78 is 15.9. The zero-order chi connectivity index (χ0) is 22.4. The molecule has 0 saturated carbocycles. The Bertz CT molecular complexity index is 1160. The van der Waals surface area contributed by atoms with Crippen molar-refractivity contribution in [3.05, 3.63) is 76.1 Å². The third-order valence-electron chi connectivity index (χ3n) is 4.66. The lowest BCUT2D eigenvalue weighted by Gasteiger charge is -2.17. The fraction of sp³-hybridized carbons (Fsp3) is 0.174. The Morgan fingerprint density at radius 3 is 2.16 bits per heavy atom. The highest BCUT2D eigenvalue weighted by molar-refractivity contribution is 5.94. The molecular formula is C23H21N3O5. The molecule has 1 unspecified atom stereocenters. The number of aromatic nitrogens is 1. The molecule has 1 heterocycles. The Labute approximate surface area is 179 Å². The maximum Gasteiger partial charge on any atom is 0.261 e. The maximum atomic E-state index is 12.7. The summed E-state index contributed by atoms with van der Waals surface area (Å²) in [4.78, 5) is 27.9. The largest absolute Gasteiger partial charge is 0.493 e. The lowest BCUT2D eigenvalue weighted by molar-refractivity contribution is 0.0943. The third-order valence-corrected chi connectivity index (χ3v) is 4.66. The van der Waals surface area contributed by atoms with E-state index >= 15 is 0 Å². The predicted molar refractivity (Wildman–Crippen MR) is 114 cm³/mol. The summed E-state index contributed by atoms with van der Waals surface area (Å²) >= 11 is 0. The first-order valence-corrected chi connectivity index (χ1v) is 9.31. The van der Waals surface area contributed by atoms with Gasteiger partial charge in [0.15, 0.2) is 11.5 Å². The maximum absolute atomic E-state index is 12.7. The van der Waals surface area contributed by atoms with Crippen molar-refractivity contribution in [1.29, 1.82) is 5.26 Å². The lowest BCUT2D eigenvalue weighted by atomic mass is 10.1. The minimum Gasteiger partial charge on any atom is -0.493 e. The second-order valence-corrected chi connectivity index (χ2v) is 6.48. The third kappa shape index (κ3) is 4.51.